The van der Waals surface area contributed by atoms with E-state index in [1.165, 1.54) is 11.3 Å². The van der Waals surface area contributed by atoms with E-state index in [-0.39, 0.29) is 30.7 Å². The second-order valence-electron chi connectivity index (χ2n) is 5.15. The number of thiazole rings is 1. The van der Waals surface area contributed by atoms with Crippen molar-refractivity contribution < 1.29 is 4.79 Å². The summed E-state index contributed by atoms with van der Waals surface area (Å²) >= 11 is 9.00. The summed E-state index contributed by atoms with van der Waals surface area (Å²) in [4.78, 5) is 19.8. The summed E-state index contributed by atoms with van der Waals surface area (Å²) in [6, 6.07) is 3.83. The molecule has 23 heavy (non-hydrogen) atoms. The fourth-order valence-electron chi connectivity index (χ4n) is 2.45. The van der Waals surface area contributed by atoms with Crippen LogP contribution in [0.5, 0.6) is 0 Å². The maximum Gasteiger partial charge on any atom is 0.228 e. The van der Waals surface area contributed by atoms with Crippen molar-refractivity contribution in [1.29, 1.82) is 0 Å². The number of carbonyl (C=O) groups is 1. The highest BCUT2D eigenvalue weighted by molar-refractivity contribution is 7.23. The molecule has 0 bridgehead atoms. The second kappa shape index (κ2) is 9.20. The Balaban J connectivity index is 0.00000132. The van der Waals surface area contributed by atoms with E-state index in [4.69, 9.17) is 17.3 Å². The molecule has 0 spiro atoms. The Morgan fingerprint density at radius 2 is 2.22 bits per heavy atom. The molecule has 1 fully saturated rings. The smallest absolute Gasteiger partial charge is 0.228 e. The predicted molar refractivity (Wildman–Crippen MR) is 102 cm³/mol. The van der Waals surface area contributed by atoms with Crippen molar-refractivity contribution in [3.8, 4) is 9.88 Å². The van der Waals surface area contributed by atoms with Crippen LogP contribution in [0.2, 0.25) is 4.34 Å². The van der Waals surface area contributed by atoms with Gasteiger partial charge in [0, 0.05) is 18.5 Å². The van der Waals surface area contributed by atoms with Gasteiger partial charge in [-0.25, -0.2) is 4.98 Å². The van der Waals surface area contributed by atoms with Crippen LogP contribution in [0.4, 0.5) is 0 Å². The van der Waals surface area contributed by atoms with Gasteiger partial charge in [-0.2, -0.15) is 0 Å². The minimum Gasteiger partial charge on any atom is -0.342 e. The van der Waals surface area contributed by atoms with E-state index in [9.17, 15) is 4.79 Å². The van der Waals surface area contributed by atoms with E-state index >= 15 is 0 Å². The van der Waals surface area contributed by atoms with Gasteiger partial charge in [0.15, 0.2) is 0 Å². The Labute approximate surface area is 160 Å². The van der Waals surface area contributed by atoms with Gasteiger partial charge >= 0.3 is 0 Å². The molecule has 2 aromatic rings. The third kappa shape index (κ3) is 5.05. The summed E-state index contributed by atoms with van der Waals surface area (Å²) in [5.74, 6) is 0.597. The first-order valence-electron chi connectivity index (χ1n) is 6.83. The van der Waals surface area contributed by atoms with Crippen LogP contribution in [-0.2, 0) is 11.2 Å². The molecule has 3 rings (SSSR count). The maximum absolute atomic E-state index is 12.3. The molecule has 0 saturated carbocycles. The molecular weight excluding hydrogens is 397 g/mol. The zero-order valence-electron chi connectivity index (χ0n) is 12.2. The Morgan fingerprint density at radius 1 is 1.43 bits per heavy atom. The summed E-state index contributed by atoms with van der Waals surface area (Å²) in [7, 11) is 0. The van der Waals surface area contributed by atoms with Gasteiger partial charge in [0.2, 0.25) is 5.91 Å². The van der Waals surface area contributed by atoms with Gasteiger partial charge in [0.25, 0.3) is 0 Å². The summed E-state index contributed by atoms with van der Waals surface area (Å²) in [6.07, 6.45) is 1.38. The number of likely N-dealkylation sites (tertiary alicyclic amines) is 1. The van der Waals surface area contributed by atoms with Crippen molar-refractivity contribution in [2.24, 2.45) is 11.7 Å². The lowest BCUT2D eigenvalue weighted by Gasteiger charge is -2.15. The first-order chi connectivity index (χ1) is 10.2. The number of nitrogens with zero attached hydrogens (tertiary/aromatic N) is 2. The molecule has 0 aliphatic carbocycles. The molecule has 9 heteroatoms. The second-order valence-corrected chi connectivity index (χ2v) is 7.73. The van der Waals surface area contributed by atoms with Crippen molar-refractivity contribution in [3.63, 3.8) is 0 Å². The van der Waals surface area contributed by atoms with Gasteiger partial charge in [-0.15, -0.1) is 47.5 Å². The quantitative estimate of drug-likeness (QED) is 0.829. The molecule has 1 aliphatic heterocycles. The highest BCUT2D eigenvalue weighted by Gasteiger charge is 2.25. The number of thiophene rings is 1. The Hall–Kier alpha value is -0.370. The molecule has 3 heterocycles. The highest BCUT2D eigenvalue weighted by Crippen LogP contribution is 2.33. The van der Waals surface area contributed by atoms with Gasteiger partial charge in [-0.3, -0.25) is 4.79 Å². The minimum absolute atomic E-state index is 0. The monoisotopic (exact) mass is 413 g/mol. The largest absolute Gasteiger partial charge is 0.342 e. The van der Waals surface area contributed by atoms with Gasteiger partial charge < -0.3 is 10.6 Å². The molecule has 2 aromatic heterocycles. The molecule has 1 atom stereocenters. The molecule has 2 N–H and O–H groups in total. The van der Waals surface area contributed by atoms with Crippen molar-refractivity contribution in [2.45, 2.75) is 12.8 Å². The zero-order valence-corrected chi connectivity index (χ0v) is 16.3. The number of hydrogen-bond acceptors (Lipinski definition) is 5. The Bertz CT molecular complexity index is 647. The van der Waals surface area contributed by atoms with Crippen LogP contribution >= 0.6 is 59.1 Å². The van der Waals surface area contributed by atoms with E-state index in [1.807, 2.05) is 22.4 Å². The molecule has 0 aromatic carbocycles. The maximum atomic E-state index is 12.3. The SMILES string of the molecule is Cl.Cl.NCC1CCN(C(=O)Cc2csc(-c3ccc(Cl)s3)n2)C1. The van der Waals surface area contributed by atoms with E-state index in [0.717, 1.165) is 39.4 Å². The van der Waals surface area contributed by atoms with E-state index in [1.54, 1.807) is 11.3 Å². The lowest BCUT2D eigenvalue weighted by molar-refractivity contribution is -0.129. The highest BCUT2D eigenvalue weighted by atomic mass is 35.5. The Kier molecular flexibility index (Phi) is 8.27. The van der Waals surface area contributed by atoms with Crippen LogP contribution in [-0.4, -0.2) is 35.4 Å². The van der Waals surface area contributed by atoms with E-state index < -0.39 is 0 Å². The van der Waals surface area contributed by atoms with Crippen molar-refractivity contribution in [2.75, 3.05) is 19.6 Å². The van der Waals surface area contributed by atoms with E-state index in [2.05, 4.69) is 4.98 Å². The fraction of sp³-hybridized carbons (Fsp3) is 0.429. The minimum atomic E-state index is 0. The van der Waals surface area contributed by atoms with Gasteiger partial charge in [0.05, 0.1) is 21.3 Å². The zero-order chi connectivity index (χ0) is 14.8. The molecule has 1 aliphatic rings. The molecule has 1 saturated heterocycles. The van der Waals surface area contributed by atoms with Gasteiger partial charge in [-0.1, -0.05) is 11.6 Å². The summed E-state index contributed by atoms with van der Waals surface area (Å²) in [6.45, 7) is 2.26. The predicted octanol–water partition coefficient (Wildman–Crippen LogP) is 3.72. The van der Waals surface area contributed by atoms with Crippen molar-refractivity contribution in [3.05, 3.63) is 27.5 Å². The van der Waals surface area contributed by atoms with Crippen LogP contribution in [0.3, 0.4) is 0 Å². The lowest BCUT2D eigenvalue weighted by Crippen LogP contribution is -2.31. The van der Waals surface area contributed by atoms with Crippen LogP contribution in [0.15, 0.2) is 17.5 Å². The number of halogens is 3. The van der Waals surface area contributed by atoms with Crippen LogP contribution in [0, 0.1) is 5.92 Å². The summed E-state index contributed by atoms with van der Waals surface area (Å²) in [5, 5.41) is 2.88. The molecule has 128 valence electrons. The third-order valence-electron chi connectivity index (χ3n) is 3.64. The third-order valence-corrected chi connectivity index (χ3v) is 5.93. The van der Waals surface area contributed by atoms with Crippen molar-refractivity contribution in [1.82, 2.24) is 9.88 Å². The number of hydrogen-bond donors (Lipinski definition) is 1. The van der Waals surface area contributed by atoms with Gasteiger partial charge in [0.1, 0.15) is 5.01 Å². The van der Waals surface area contributed by atoms with Crippen LogP contribution < -0.4 is 5.73 Å². The molecule has 0 radical (unpaired) electrons. The average Bonchev–Trinajstić information content (AvgIpc) is 3.17. The first-order valence-corrected chi connectivity index (χ1v) is 8.91. The Morgan fingerprint density at radius 3 is 2.83 bits per heavy atom. The van der Waals surface area contributed by atoms with Crippen LogP contribution in [0.25, 0.3) is 9.88 Å². The number of amides is 1. The topological polar surface area (TPSA) is 59.2 Å². The fourth-order valence-corrected chi connectivity index (χ4v) is 4.38. The standard InChI is InChI=1S/C14H16ClN3OS2.2ClH/c15-12-2-1-11(21-12)14-17-10(8-20-14)5-13(19)18-4-3-9(6-16)7-18;;/h1-2,8-9H,3-7,16H2;2*1H. The van der Waals surface area contributed by atoms with Gasteiger partial charge in [-0.05, 0) is 31.0 Å². The number of carbonyl (C=O) groups excluding carboxylic acids is 1. The summed E-state index contributed by atoms with van der Waals surface area (Å²) < 4.78 is 0.753. The van der Waals surface area contributed by atoms with Crippen molar-refractivity contribution >= 4 is 65.0 Å². The molecular formula is C14H18Cl3N3OS2. The number of aromatic nitrogens is 1. The number of nitrogens with two attached hydrogens (primary N) is 1. The molecule has 1 amide bonds. The van der Waals surface area contributed by atoms with E-state index in [0.29, 0.717) is 18.9 Å². The number of rotatable bonds is 4. The average molecular weight is 415 g/mol. The normalized spacial score (nSPS) is 16.8. The lowest BCUT2D eigenvalue weighted by atomic mass is 10.1. The van der Waals surface area contributed by atoms with Crippen LogP contribution in [0.1, 0.15) is 12.1 Å². The molecule has 1 unspecified atom stereocenters. The summed E-state index contributed by atoms with van der Waals surface area (Å²) in [5.41, 5.74) is 6.49. The first kappa shape index (κ1) is 20.7. The molecule has 4 nitrogen and oxygen atoms in total.